The highest BCUT2D eigenvalue weighted by Gasteiger charge is 2.20. The van der Waals surface area contributed by atoms with Crippen LogP contribution >= 0.6 is 0 Å². The number of ether oxygens (including phenoxy) is 2. The van der Waals surface area contributed by atoms with Crippen molar-refractivity contribution in [2.45, 2.75) is 96.4 Å². The first-order valence-corrected chi connectivity index (χ1v) is 12.6. The summed E-state index contributed by atoms with van der Waals surface area (Å²) in [6.07, 6.45) is 7.04. The van der Waals surface area contributed by atoms with Gasteiger partial charge in [-0.3, -0.25) is 4.79 Å². The number of aromatic hydroxyl groups is 1. The molecule has 1 saturated heterocycles. The first-order valence-electron chi connectivity index (χ1n) is 12.6. The average Bonchev–Trinajstić information content (AvgIpc) is 2.80. The molecule has 0 amide bonds. The molecule has 4 N–H and O–H groups in total. The van der Waals surface area contributed by atoms with E-state index in [9.17, 15) is 15.0 Å². The number of piperidine rings is 1. The molecule has 0 aliphatic carbocycles. The highest BCUT2D eigenvalue weighted by Crippen LogP contribution is 2.30. The van der Waals surface area contributed by atoms with Crippen molar-refractivity contribution in [3.05, 3.63) is 23.8 Å². The highest BCUT2D eigenvalue weighted by atomic mass is 16.5. The zero-order valence-corrected chi connectivity index (χ0v) is 20.3. The van der Waals surface area contributed by atoms with Crippen LogP contribution < -0.4 is 10.1 Å². The number of phenols is 1. The standard InChI is InChI=1S/C26H43NO6/c1-3-20(5-4-16-28)6-9-22(30)18-24(32-19(2)29)10-7-21-8-11-25(31)26(17-21)33-23-12-14-27-15-13-23/h8,11,17,20,22-24,27-28,30-31H,3-7,9-10,12-16,18H2,1-2H3/t20-,22+,24-/m1/s1. The summed E-state index contributed by atoms with van der Waals surface area (Å²) >= 11 is 0. The van der Waals surface area contributed by atoms with Crippen LogP contribution in [0.1, 0.15) is 77.2 Å². The zero-order valence-electron chi connectivity index (χ0n) is 20.3. The lowest BCUT2D eigenvalue weighted by Crippen LogP contribution is -2.34. The molecule has 0 radical (unpaired) electrons. The van der Waals surface area contributed by atoms with Gasteiger partial charge in [-0.25, -0.2) is 0 Å². The van der Waals surface area contributed by atoms with E-state index in [4.69, 9.17) is 14.6 Å². The summed E-state index contributed by atoms with van der Waals surface area (Å²) in [5.41, 5.74) is 0.999. The number of aliphatic hydroxyl groups is 2. The predicted octanol–water partition coefficient (Wildman–Crippen LogP) is 3.72. The molecule has 7 heteroatoms. The Labute approximate surface area is 198 Å². The molecule has 2 rings (SSSR count). The maximum absolute atomic E-state index is 11.6. The molecule has 7 nitrogen and oxygen atoms in total. The van der Waals surface area contributed by atoms with E-state index in [0.29, 0.717) is 37.4 Å². The van der Waals surface area contributed by atoms with Gasteiger partial charge in [0.05, 0.1) is 6.10 Å². The van der Waals surface area contributed by atoms with Gasteiger partial charge in [-0.1, -0.05) is 19.4 Å². The molecule has 188 valence electrons. The smallest absolute Gasteiger partial charge is 0.302 e. The van der Waals surface area contributed by atoms with Crippen LogP contribution in [-0.2, 0) is 16.0 Å². The van der Waals surface area contributed by atoms with Gasteiger partial charge >= 0.3 is 5.97 Å². The number of hydrogen-bond acceptors (Lipinski definition) is 7. The lowest BCUT2D eigenvalue weighted by molar-refractivity contribution is -0.148. The Morgan fingerprint density at radius 3 is 2.61 bits per heavy atom. The topological polar surface area (TPSA) is 108 Å². The van der Waals surface area contributed by atoms with Crippen LogP contribution in [0, 0.1) is 5.92 Å². The average molecular weight is 466 g/mol. The minimum Gasteiger partial charge on any atom is -0.504 e. The Bertz CT molecular complexity index is 691. The van der Waals surface area contributed by atoms with Crippen molar-refractivity contribution < 1.29 is 29.6 Å². The van der Waals surface area contributed by atoms with Crippen molar-refractivity contribution in [3.63, 3.8) is 0 Å². The molecule has 1 fully saturated rings. The fourth-order valence-corrected chi connectivity index (χ4v) is 4.47. The molecular formula is C26H43NO6. The number of carbonyl (C=O) groups is 1. The fourth-order valence-electron chi connectivity index (χ4n) is 4.47. The molecule has 0 saturated carbocycles. The molecule has 0 bridgehead atoms. The van der Waals surface area contributed by atoms with Crippen LogP contribution in [0.3, 0.4) is 0 Å². The van der Waals surface area contributed by atoms with Crippen LogP contribution in [0.25, 0.3) is 0 Å². The Hall–Kier alpha value is -1.83. The first-order chi connectivity index (χ1) is 15.9. The lowest BCUT2D eigenvalue weighted by Gasteiger charge is -2.24. The zero-order chi connectivity index (χ0) is 24.1. The summed E-state index contributed by atoms with van der Waals surface area (Å²) in [5.74, 6) is 0.782. The van der Waals surface area contributed by atoms with E-state index in [-0.39, 0.29) is 30.5 Å². The van der Waals surface area contributed by atoms with E-state index < -0.39 is 6.10 Å². The molecule has 1 heterocycles. The number of esters is 1. The van der Waals surface area contributed by atoms with Crippen LogP contribution in [-0.4, -0.2) is 59.3 Å². The van der Waals surface area contributed by atoms with E-state index in [2.05, 4.69) is 12.2 Å². The monoisotopic (exact) mass is 465 g/mol. The Balaban J connectivity index is 1.88. The second-order valence-corrected chi connectivity index (χ2v) is 9.25. The maximum atomic E-state index is 11.6. The fraction of sp³-hybridized carbons (Fsp3) is 0.731. The van der Waals surface area contributed by atoms with Gasteiger partial charge in [-0.2, -0.15) is 0 Å². The molecule has 1 aliphatic rings. The Kier molecular flexibility index (Phi) is 12.6. The van der Waals surface area contributed by atoms with Crippen molar-refractivity contribution in [2.75, 3.05) is 19.7 Å². The Morgan fingerprint density at radius 2 is 1.94 bits per heavy atom. The lowest BCUT2D eigenvalue weighted by atomic mass is 9.92. The molecular weight excluding hydrogens is 422 g/mol. The summed E-state index contributed by atoms with van der Waals surface area (Å²) < 4.78 is 11.5. The van der Waals surface area contributed by atoms with Gasteiger partial charge in [0.25, 0.3) is 0 Å². The molecule has 0 spiro atoms. The first kappa shape index (κ1) is 27.4. The molecule has 33 heavy (non-hydrogen) atoms. The van der Waals surface area contributed by atoms with E-state index in [1.807, 2.05) is 12.1 Å². The van der Waals surface area contributed by atoms with Crippen LogP contribution in [0.2, 0.25) is 0 Å². The van der Waals surface area contributed by atoms with Crippen LogP contribution in [0.5, 0.6) is 11.5 Å². The molecule has 1 aromatic carbocycles. The molecule has 1 aromatic rings. The van der Waals surface area contributed by atoms with Gasteiger partial charge in [0.1, 0.15) is 12.2 Å². The van der Waals surface area contributed by atoms with Gasteiger partial charge in [0.15, 0.2) is 11.5 Å². The van der Waals surface area contributed by atoms with Gasteiger partial charge in [0, 0.05) is 20.0 Å². The quantitative estimate of drug-likeness (QED) is 0.292. The number of aryl methyl sites for hydroxylation is 1. The second-order valence-electron chi connectivity index (χ2n) is 9.25. The molecule has 0 aromatic heterocycles. The number of carbonyl (C=O) groups excluding carboxylic acids is 1. The highest BCUT2D eigenvalue weighted by molar-refractivity contribution is 5.66. The van der Waals surface area contributed by atoms with Crippen LogP contribution in [0.15, 0.2) is 18.2 Å². The SMILES string of the molecule is CC[C@H](CCCO)CC[C@H](O)C[C@@H](CCc1ccc(O)c(OC2CCNCC2)c1)OC(C)=O. The van der Waals surface area contributed by atoms with Gasteiger partial charge < -0.3 is 30.1 Å². The van der Waals surface area contributed by atoms with E-state index in [0.717, 1.165) is 57.2 Å². The summed E-state index contributed by atoms with van der Waals surface area (Å²) in [7, 11) is 0. The van der Waals surface area contributed by atoms with Crippen molar-refractivity contribution in [1.29, 1.82) is 0 Å². The normalized spacial score (nSPS) is 17.3. The van der Waals surface area contributed by atoms with Gasteiger partial charge in [-0.05, 0) is 88.1 Å². The van der Waals surface area contributed by atoms with E-state index in [1.165, 1.54) is 6.92 Å². The van der Waals surface area contributed by atoms with Gasteiger partial charge in [-0.15, -0.1) is 0 Å². The number of benzene rings is 1. The van der Waals surface area contributed by atoms with Crippen molar-refractivity contribution >= 4 is 5.97 Å². The number of rotatable bonds is 15. The van der Waals surface area contributed by atoms with E-state index >= 15 is 0 Å². The maximum Gasteiger partial charge on any atom is 0.302 e. The number of aliphatic hydroxyl groups excluding tert-OH is 2. The summed E-state index contributed by atoms with van der Waals surface area (Å²) in [4.78, 5) is 11.6. The van der Waals surface area contributed by atoms with Crippen molar-refractivity contribution in [1.82, 2.24) is 5.32 Å². The number of nitrogens with one attached hydrogen (secondary N) is 1. The molecule has 0 unspecified atom stereocenters. The third-order valence-electron chi connectivity index (χ3n) is 6.48. The number of hydrogen-bond donors (Lipinski definition) is 4. The minimum absolute atomic E-state index is 0.0978. The van der Waals surface area contributed by atoms with Crippen molar-refractivity contribution in [2.24, 2.45) is 5.92 Å². The van der Waals surface area contributed by atoms with Crippen molar-refractivity contribution in [3.8, 4) is 11.5 Å². The van der Waals surface area contributed by atoms with Gasteiger partial charge in [0.2, 0.25) is 0 Å². The predicted molar refractivity (Wildman–Crippen MR) is 128 cm³/mol. The second kappa shape index (κ2) is 15.1. The molecule has 1 aliphatic heterocycles. The Morgan fingerprint density at radius 1 is 1.18 bits per heavy atom. The summed E-state index contributed by atoms with van der Waals surface area (Å²) in [6, 6.07) is 5.38. The molecule has 3 atom stereocenters. The minimum atomic E-state index is -0.531. The largest absolute Gasteiger partial charge is 0.504 e. The summed E-state index contributed by atoms with van der Waals surface area (Å²) in [5, 5.41) is 33.1. The third-order valence-corrected chi connectivity index (χ3v) is 6.48. The van der Waals surface area contributed by atoms with E-state index in [1.54, 1.807) is 6.07 Å². The number of phenolic OH excluding ortho intramolecular Hbond substituents is 1. The van der Waals surface area contributed by atoms with Crippen LogP contribution in [0.4, 0.5) is 0 Å². The summed E-state index contributed by atoms with van der Waals surface area (Å²) in [6.45, 7) is 5.56. The third kappa shape index (κ3) is 10.8.